The minimum Gasteiger partial charge on any atom is -0.314 e. The third-order valence-electron chi connectivity index (χ3n) is 1.15. The topological polar surface area (TPSA) is 15.3 Å². The number of nitrogens with zero attached hydrogens (tertiary/aromatic N) is 1. The summed E-state index contributed by atoms with van der Waals surface area (Å²) in [4.78, 5) is 2.14. The summed E-state index contributed by atoms with van der Waals surface area (Å²) in [6.07, 6.45) is 4.33. The molecule has 0 radical (unpaired) electrons. The summed E-state index contributed by atoms with van der Waals surface area (Å²) in [6.45, 7) is 5.18. The lowest BCUT2D eigenvalue weighted by Crippen LogP contribution is -2.14. The zero-order valence-corrected chi connectivity index (χ0v) is 7.22. The van der Waals surface area contributed by atoms with Crippen LogP contribution in [0, 0.1) is 0 Å². The van der Waals surface area contributed by atoms with Crippen molar-refractivity contribution < 1.29 is 0 Å². The minimum absolute atomic E-state index is 0.990. The summed E-state index contributed by atoms with van der Waals surface area (Å²) < 4.78 is 0. The molecule has 0 unspecified atom stereocenters. The van der Waals surface area contributed by atoms with Crippen LogP contribution in [0.25, 0.3) is 0 Å². The Morgan fingerprint density at radius 3 is 2.50 bits per heavy atom. The molecule has 0 aliphatic heterocycles. The molecule has 1 N–H and O–H groups in total. The SMILES string of the molecule is CCNC/C=C\CN(C)C. The smallest absolute Gasteiger partial charge is 0.0157 e. The number of nitrogens with one attached hydrogen (secondary N) is 1. The normalized spacial score (nSPS) is 11.6. The highest BCUT2D eigenvalue weighted by Crippen LogP contribution is 1.75. The molecule has 0 spiro atoms. The Balaban J connectivity index is 3.04. The third kappa shape index (κ3) is 7.66. The van der Waals surface area contributed by atoms with E-state index in [4.69, 9.17) is 0 Å². The van der Waals surface area contributed by atoms with Crippen LogP contribution in [0.1, 0.15) is 6.92 Å². The van der Waals surface area contributed by atoms with Gasteiger partial charge in [-0.3, -0.25) is 0 Å². The Labute approximate surface area is 63.9 Å². The number of rotatable bonds is 5. The van der Waals surface area contributed by atoms with Crippen molar-refractivity contribution in [2.45, 2.75) is 6.92 Å². The molecule has 0 rings (SSSR count). The van der Waals surface area contributed by atoms with Crippen LogP contribution < -0.4 is 5.32 Å². The summed E-state index contributed by atoms with van der Waals surface area (Å²) >= 11 is 0. The van der Waals surface area contributed by atoms with Gasteiger partial charge in [-0.2, -0.15) is 0 Å². The monoisotopic (exact) mass is 142 g/mol. The fraction of sp³-hybridized carbons (Fsp3) is 0.750. The van der Waals surface area contributed by atoms with E-state index in [-0.39, 0.29) is 0 Å². The van der Waals surface area contributed by atoms with Gasteiger partial charge in [0, 0.05) is 13.1 Å². The maximum absolute atomic E-state index is 3.22. The summed E-state index contributed by atoms with van der Waals surface area (Å²) in [6, 6.07) is 0. The number of hydrogen-bond donors (Lipinski definition) is 1. The largest absolute Gasteiger partial charge is 0.314 e. The molecule has 0 aliphatic carbocycles. The first kappa shape index (κ1) is 9.66. The van der Waals surface area contributed by atoms with Gasteiger partial charge in [0.2, 0.25) is 0 Å². The molecule has 2 nitrogen and oxygen atoms in total. The van der Waals surface area contributed by atoms with Crippen LogP contribution in [0.15, 0.2) is 12.2 Å². The van der Waals surface area contributed by atoms with E-state index in [1.807, 2.05) is 0 Å². The van der Waals surface area contributed by atoms with Gasteiger partial charge >= 0.3 is 0 Å². The van der Waals surface area contributed by atoms with E-state index in [1.54, 1.807) is 0 Å². The highest BCUT2D eigenvalue weighted by molar-refractivity contribution is 4.85. The Hall–Kier alpha value is -0.340. The van der Waals surface area contributed by atoms with Crippen molar-refractivity contribution in [2.24, 2.45) is 0 Å². The highest BCUT2D eigenvalue weighted by atomic mass is 15.0. The van der Waals surface area contributed by atoms with E-state index in [0.717, 1.165) is 19.6 Å². The molecule has 0 saturated heterocycles. The molecule has 0 heterocycles. The maximum atomic E-state index is 3.22. The highest BCUT2D eigenvalue weighted by Gasteiger charge is 1.80. The van der Waals surface area contributed by atoms with E-state index in [9.17, 15) is 0 Å². The van der Waals surface area contributed by atoms with Gasteiger partial charge in [-0.15, -0.1) is 0 Å². The van der Waals surface area contributed by atoms with Crippen molar-refractivity contribution in [1.29, 1.82) is 0 Å². The maximum Gasteiger partial charge on any atom is 0.0157 e. The van der Waals surface area contributed by atoms with Gasteiger partial charge in [0.25, 0.3) is 0 Å². The predicted molar refractivity (Wildman–Crippen MR) is 46.2 cm³/mol. The van der Waals surface area contributed by atoms with Crippen molar-refractivity contribution in [3.63, 3.8) is 0 Å². The Kier molecular flexibility index (Phi) is 6.55. The molecule has 0 aromatic rings. The molecular formula is C8H18N2. The molecule has 60 valence electrons. The number of hydrogen-bond acceptors (Lipinski definition) is 2. The quantitative estimate of drug-likeness (QED) is 0.449. The Morgan fingerprint density at radius 2 is 2.00 bits per heavy atom. The Morgan fingerprint density at radius 1 is 1.30 bits per heavy atom. The second-order valence-electron chi connectivity index (χ2n) is 2.54. The standard InChI is InChI=1S/C8H18N2/c1-4-9-7-5-6-8-10(2)3/h5-6,9H,4,7-8H2,1-3H3/b6-5-. The van der Waals surface area contributed by atoms with Crippen molar-refractivity contribution in [1.82, 2.24) is 10.2 Å². The van der Waals surface area contributed by atoms with Crippen LogP contribution in [0.3, 0.4) is 0 Å². The molecular weight excluding hydrogens is 124 g/mol. The van der Waals surface area contributed by atoms with Crippen molar-refractivity contribution >= 4 is 0 Å². The first-order valence-corrected chi connectivity index (χ1v) is 3.77. The van der Waals surface area contributed by atoms with Gasteiger partial charge in [0.05, 0.1) is 0 Å². The lowest BCUT2D eigenvalue weighted by molar-refractivity contribution is 0.456. The number of likely N-dealkylation sites (N-methyl/N-ethyl adjacent to an activating group) is 2. The lowest BCUT2D eigenvalue weighted by atomic mass is 10.4. The molecule has 10 heavy (non-hydrogen) atoms. The van der Waals surface area contributed by atoms with E-state index in [1.165, 1.54) is 0 Å². The van der Waals surface area contributed by atoms with Crippen LogP contribution in [-0.4, -0.2) is 38.6 Å². The molecule has 0 fully saturated rings. The van der Waals surface area contributed by atoms with Gasteiger partial charge in [0.1, 0.15) is 0 Å². The van der Waals surface area contributed by atoms with Gasteiger partial charge in [-0.05, 0) is 20.6 Å². The van der Waals surface area contributed by atoms with E-state index in [0.29, 0.717) is 0 Å². The summed E-state index contributed by atoms with van der Waals surface area (Å²) in [5, 5.41) is 3.22. The van der Waals surface area contributed by atoms with Crippen LogP contribution in [0.2, 0.25) is 0 Å². The van der Waals surface area contributed by atoms with Gasteiger partial charge < -0.3 is 10.2 Å². The fourth-order valence-corrected chi connectivity index (χ4v) is 0.596. The van der Waals surface area contributed by atoms with E-state index < -0.39 is 0 Å². The third-order valence-corrected chi connectivity index (χ3v) is 1.15. The van der Waals surface area contributed by atoms with Crippen LogP contribution in [0.4, 0.5) is 0 Å². The average molecular weight is 142 g/mol. The van der Waals surface area contributed by atoms with E-state index >= 15 is 0 Å². The lowest BCUT2D eigenvalue weighted by Gasteiger charge is -2.03. The molecule has 0 amide bonds. The van der Waals surface area contributed by atoms with Crippen LogP contribution in [-0.2, 0) is 0 Å². The molecule has 0 saturated carbocycles. The van der Waals surface area contributed by atoms with Crippen LogP contribution >= 0.6 is 0 Å². The first-order valence-electron chi connectivity index (χ1n) is 3.77. The molecule has 0 aromatic heterocycles. The Bertz CT molecular complexity index is 87.3. The van der Waals surface area contributed by atoms with Crippen molar-refractivity contribution in [2.75, 3.05) is 33.7 Å². The molecule has 0 aliphatic rings. The minimum atomic E-state index is 0.990. The molecule has 0 aromatic carbocycles. The zero-order chi connectivity index (χ0) is 7.82. The first-order chi connectivity index (χ1) is 4.77. The van der Waals surface area contributed by atoms with Gasteiger partial charge in [-0.1, -0.05) is 19.1 Å². The average Bonchev–Trinajstić information content (AvgIpc) is 1.87. The summed E-state index contributed by atoms with van der Waals surface area (Å²) in [5.74, 6) is 0. The molecule has 0 atom stereocenters. The second-order valence-corrected chi connectivity index (χ2v) is 2.54. The molecule has 0 bridgehead atoms. The van der Waals surface area contributed by atoms with E-state index in [2.05, 4.69) is 43.4 Å². The zero-order valence-electron chi connectivity index (χ0n) is 7.22. The van der Waals surface area contributed by atoms with Crippen molar-refractivity contribution in [3.8, 4) is 0 Å². The van der Waals surface area contributed by atoms with Gasteiger partial charge in [-0.25, -0.2) is 0 Å². The second kappa shape index (κ2) is 6.78. The van der Waals surface area contributed by atoms with Gasteiger partial charge in [0.15, 0.2) is 0 Å². The molecule has 2 heteroatoms. The summed E-state index contributed by atoms with van der Waals surface area (Å²) in [5.41, 5.74) is 0. The predicted octanol–water partition coefficient (Wildman–Crippen LogP) is 0.714. The van der Waals surface area contributed by atoms with Crippen LogP contribution in [0.5, 0.6) is 0 Å². The van der Waals surface area contributed by atoms with Crippen molar-refractivity contribution in [3.05, 3.63) is 12.2 Å². The summed E-state index contributed by atoms with van der Waals surface area (Å²) in [7, 11) is 4.13. The fourth-order valence-electron chi connectivity index (χ4n) is 0.596.